The predicted molar refractivity (Wildman–Crippen MR) is 70.7 cm³/mol. The first-order chi connectivity index (χ1) is 8.66. The molecule has 1 aliphatic carbocycles. The van der Waals surface area contributed by atoms with Crippen molar-refractivity contribution in [3.05, 3.63) is 30.1 Å². The number of aromatic nitrogens is 1. The van der Waals surface area contributed by atoms with E-state index in [9.17, 15) is 4.79 Å². The molecule has 18 heavy (non-hydrogen) atoms. The Hall–Kier alpha value is -1.42. The lowest BCUT2D eigenvalue weighted by atomic mass is 10.1. The van der Waals surface area contributed by atoms with Crippen molar-refractivity contribution in [2.75, 3.05) is 0 Å². The second kappa shape index (κ2) is 5.96. The van der Waals surface area contributed by atoms with Crippen LogP contribution in [0.3, 0.4) is 0 Å². The summed E-state index contributed by atoms with van der Waals surface area (Å²) in [6, 6.07) is 4.45. The van der Waals surface area contributed by atoms with Crippen LogP contribution < -0.4 is 5.73 Å². The molecule has 98 valence electrons. The third-order valence-electron chi connectivity index (χ3n) is 3.20. The number of carbonyl (C=O) groups excluding carboxylic acids is 1. The number of pyridine rings is 1. The number of nitrogens with two attached hydrogens (primary N) is 1. The maximum absolute atomic E-state index is 12.2. The maximum Gasteiger partial charge on any atom is 0.223 e. The van der Waals surface area contributed by atoms with Crippen LogP contribution in [0.5, 0.6) is 0 Å². The van der Waals surface area contributed by atoms with Crippen molar-refractivity contribution < 1.29 is 4.79 Å². The van der Waals surface area contributed by atoms with Crippen LogP contribution in [0.2, 0.25) is 0 Å². The van der Waals surface area contributed by atoms with E-state index in [4.69, 9.17) is 5.73 Å². The van der Waals surface area contributed by atoms with Gasteiger partial charge in [0.15, 0.2) is 0 Å². The zero-order valence-electron chi connectivity index (χ0n) is 10.9. The van der Waals surface area contributed by atoms with Crippen molar-refractivity contribution >= 4 is 5.91 Å². The Labute approximate surface area is 108 Å². The van der Waals surface area contributed by atoms with Gasteiger partial charge >= 0.3 is 0 Å². The van der Waals surface area contributed by atoms with Crippen LogP contribution in [0.4, 0.5) is 0 Å². The van der Waals surface area contributed by atoms with E-state index >= 15 is 0 Å². The zero-order valence-corrected chi connectivity index (χ0v) is 10.9. The van der Waals surface area contributed by atoms with Gasteiger partial charge in [-0.05, 0) is 37.8 Å². The smallest absolute Gasteiger partial charge is 0.223 e. The van der Waals surface area contributed by atoms with E-state index in [1.165, 1.54) is 0 Å². The summed E-state index contributed by atoms with van der Waals surface area (Å²) in [6.45, 7) is 2.62. The Morgan fingerprint density at radius 2 is 2.39 bits per heavy atom. The maximum atomic E-state index is 12.2. The molecule has 1 atom stereocenters. The lowest BCUT2D eigenvalue weighted by Gasteiger charge is -2.22. The van der Waals surface area contributed by atoms with Crippen molar-refractivity contribution in [1.29, 1.82) is 0 Å². The molecule has 0 radical (unpaired) electrons. The summed E-state index contributed by atoms with van der Waals surface area (Å²) < 4.78 is 0. The Bertz CT molecular complexity index is 387. The molecule has 1 fully saturated rings. The van der Waals surface area contributed by atoms with Gasteiger partial charge in [-0.2, -0.15) is 0 Å². The average molecular weight is 247 g/mol. The standard InChI is InChI=1S/C14H21N3O/c1-11(15)4-7-14(18)17(13-5-6-13)10-12-3-2-8-16-9-12/h2-3,8-9,11,13H,4-7,10,15H2,1H3. The van der Waals surface area contributed by atoms with Gasteiger partial charge in [0, 0.05) is 37.4 Å². The van der Waals surface area contributed by atoms with E-state index in [-0.39, 0.29) is 11.9 Å². The Kier molecular flexibility index (Phi) is 4.31. The molecule has 1 aromatic heterocycles. The van der Waals surface area contributed by atoms with Gasteiger partial charge in [0.2, 0.25) is 5.91 Å². The molecule has 1 aromatic rings. The highest BCUT2D eigenvalue weighted by Gasteiger charge is 2.32. The molecule has 4 nitrogen and oxygen atoms in total. The van der Waals surface area contributed by atoms with Gasteiger partial charge < -0.3 is 10.6 Å². The van der Waals surface area contributed by atoms with Crippen molar-refractivity contribution in [3.63, 3.8) is 0 Å². The summed E-state index contributed by atoms with van der Waals surface area (Å²) in [5.41, 5.74) is 6.80. The number of amides is 1. The molecule has 1 unspecified atom stereocenters. The summed E-state index contributed by atoms with van der Waals surface area (Å²) in [5, 5.41) is 0. The molecule has 1 amide bonds. The molecule has 0 aliphatic heterocycles. The molecule has 0 aromatic carbocycles. The molecular weight excluding hydrogens is 226 g/mol. The van der Waals surface area contributed by atoms with Gasteiger partial charge in [0.1, 0.15) is 0 Å². The third-order valence-corrected chi connectivity index (χ3v) is 3.20. The van der Waals surface area contributed by atoms with Crippen LogP contribution >= 0.6 is 0 Å². The highest BCUT2D eigenvalue weighted by molar-refractivity contribution is 5.76. The first kappa shape index (κ1) is 13.0. The predicted octanol–water partition coefficient (Wildman–Crippen LogP) is 1.70. The topological polar surface area (TPSA) is 59.2 Å². The first-order valence-corrected chi connectivity index (χ1v) is 6.61. The molecule has 0 spiro atoms. The van der Waals surface area contributed by atoms with Crippen LogP contribution in [-0.4, -0.2) is 27.9 Å². The number of nitrogens with zero attached hydrogens (tertiary/aromatic N) is 2. The summed E-state index contributed by atoms with van der Waals surface area (Å²) >= 11 is 0. The SMILES string of the molecule is CC(N)CCC(=O)N(Cc1cccnc1)C1CC1. The molecular formula is C14H21N3O. The largest absolute Gasteiger partial charge is 0.335 e. The fourth-order valence-electron chi connectivity index (χ4n) is 1.99. The third kappa shape index (κ3) is 3.81. The van der Waals surface area contributed by atoms with Crippen LogP contribution in [0, 0.1) is 0 Å². The summed E-state index contributed by atoms with van der Waals surface area (Å²) in [6.07, 6.45) is 7.15. The summed E-state index contributed by atoms with van der Waals surface area (Å²) in [7, 11) is 0. The number of rotatable bonds is 6. The van der Waals surface area contributed by atoms with Gasteiger partial charge in [-0.15, -0.1) is 0 Å². The second-order valence-corrected chi connectivity index (χ2v) is 5.13. The molecule has 2 rings (SSSR count). The van der Waals surface area contributed by atoms with Crippen LogP contribution in [0.1, 0.15) is 38.2 Å². The van der Waals surface area contributed by atoms with E-state index in [0.29, 0.717) is 19.0 Å². The Morgan fingerprint density at radius 3 is 2.94 bits per heavy atom. The molecule has 1 heterocycles. The van der Waals surface area contributed by atoms with Crippen molar-refractivity contribution in [2.45, 2.75) is 51.2 Å². The number of carbonyl (C=O) groups is 1. The van der Waals surface area contributed by atoms with E-state index in [1.54, 1.807) is 6.20 Å². The van der Waals surface area contributed by atoms with E-state index in [2.05, 4.69) is 4.98 Å². The van der Waals surface area contributed by atoms with Crippen molar-refractivity contribution in [3.8, 4) is 0 Å². The van der Waals surface area contributed by atoms with Crippen LogP contribution in [0.15, 0.2) is 24.5 Å². The van der Waals surface area contributed by atoms with Crippen LogP contribution in [-0.2, 0) is 11.3 Å². The van der Waals surface area contributed by atoms with Gasteiger partial charge in [-0.3, -0.25) is 9.78 Å². The fraction of sp³-hybridized carbons (Fsp3) is 0.571. The van der Waals surface area contributed by atoms with Gasteiger partial charge in [0.25, 0.3) is 0 Å². The molecule has 0 saturated heterocycles. The molecule has 2 N–H and O–H groups in total. The lowest BCUT2D eigenvalue weighted by Crippen LogP contribution is -2.33. The monoisotopic (exact) mass is 247 g/mol. The van der Waals surface area contributed by atoms with E-state index < -0.39 is 0 Å². The highest BCUT2D eigenvalue weighted by Crippen LogP contribution is 2.29. The number of hydrogen-bond acceptors (Lipinski definition) is 3. The highest BCUT2D eigenvalue weighted by atomic mass is 16.2. The minimum atomic E-state index is 0.0911. The second-order valence-electron chi connectivity index (χ2n) is 5.13. The molecule has 4 heteroatoms. The van der Waals surface area contributed by atoms with E-state index in [0.717, 1.165) is 24.8 Å². The Balaban J connectivity index is 1.94. The average Bonchev–Trinajstić information content (AvgIpc) is 3.18. The minimum absolute atomic E-state index is 0.0911. The Morgan fingerprint density at radius 1 is 1.61 bits per heavy atom. The summed E-state index contributed by atoms with van der Waals surface area (Å²) in [4.78, 5) is 18.3. The minimum Gasteiger partial charge on any atom is -0.335 e. The molecule has 0 bridgehead atoms. The summed E-state index contributed by atoms with van der Waals surface area (Å²) in [5.74, 6) is 0.221. The molecule has 1 saturated carbocycles. The van der Waals surface area contributed by atoms with Gasteiger partial charge in [0.05, 0.1) is 0 Å². The van der Waals surface area contributed by atoms with Gasteiger partial charge in [-0.1, -0.05) is 6.07 Å². The van der Waals surface area contributed by atoms with Crippen molar-refractivity contribution in [1.82, 2.24) is 9.88 Å². The first-order valence-electron chi connectivity index (χ1n) is 6.61. The molecule has 1 aliphatic rings. The number of hydrogen-bond donors (Lipinski definition) is 1. The van der Waals surface area contributed by atoms with E-state index in [1.807, 2.05) is 30.2 Å². The van der Waals surface area contributed by atoms with Crippen LogP contribution in [0.25, 0.3) is 0 Å². The van der Waals surface area contributed by atoms with Gasteiger partial charge in [-0.25, -0.2) is 0 Å². The normalized spacial score (nSPS) is 16.3. The quantitative estimate of drug-likeness (QED) is 0.832. The lowest BCUT2D eigenvalue weighted by molar-refractivity contribution is -0.132. The zero-order chi connectivity index (χ0) is 13.0. The fourth-order valence-corrected chi connectivity index (χ4v) is 1.99. The van der Waals surface area contributed by atoms with Crippen molar-refractivity contribution in [2.24, 2.45) is 5.73 Å².